The van der Waals surface area contributed by atoms with Crippen molar-refractivity contribution >= 4 is 17.1 Å². The van der Waals surface area contributed by atoms with Gasteiger partial charge in [-0.3, -0.25) is 4.79 Å². The molecule has 19 heavy (non-hydrogen) atoms. The monoisotopic (exact) mass is 277 g/mol. The molecule has 0 spiro atoms. The van der Waals surface area contributed by atoms with Gasteiger partial charge in [-0.05, 0) is 24.6 Å². The fourth-order valence-electron chi connectivity index (χ4n) is 1.81. The Morgan fingerprint density at radius 3 is 2.42 bits per heavy atom. The predicted molar refractivity (Wildman–Crippen MR) is 75.4 cm³/mol. The fourth-order valence-corrected chi connectivity index (χ4v) is 2.53. The molecule has 0 fully saturated rings. The number of rotatable bonds is 4. The van der Waals surface area contributed by atoms with Gasteiger partial charge in [-0.1, -0.05) is 0 Å². The second kappa shape index (κ2) is 5.40. The molecule has 0 saturated heterocycles. The van der Waals surface area contributed by atoms with Gasteiger partial charge in [0.15, 0.2) is 10.8 Å². The van der Waals surface area contributed by atoms with E-state index >= 15 is 0 Å². The summed E-state index contributed by atoms with van der Waals surface area (Å²) >= 11 is 1.33. The molecule has 100 valence electrons. The first-order valence-electron chi connectivity index (χ1n) is 5.76. The zero-order valence-corrected chi connectivity index (χ0v) is 12.1. The number of hydrogen-bond acceptors (Lipinski definition) is 5. The lowest BCUT2D eigenvalue weighted by atomic mass is 10.1. The van der Waals surface area contributed by atoms with Gasteiger partial charge in [-0.15, -0.1) is 11.3 Å². The maximum atomic E-state index is 11.3. The minimum Gasteiger partial charge on any atom is -0.496 e. The molecule has 0 amide bonds. The van der Waals surface area contributed by atoms with Crippen LogP contribution >= 0.6 is 11.3 Å². The molecule has 0 radical (unpaired) electrons. The first-order chi connectivity index (χ1) is 9.06. The van der Waals surface area contributed by atoms with Gasteiger partial charge < -0.3 is 9.47 Å². The van der Waals surface area contributed by atoms with Crippen LogP contribution in [-0.2, 0) is 0 Å². The third kappa shape index (κ3) is 2.61. The lowest BCUT2D eigenvalue weighted by molar-refractivity contribution is 0.101. The molecule has 2 rings (SSSR count). The van der Waals surface area contributed by atoms with Crippen molar-refractivity contribution in [2.75, 3.05) is 14.2 Å². The van der Waals surface area contributed by atoms with Crippen molar-refractivity contribution < 1.29 is 14.3 Å². The van der Waals surface area contributed by atoms with Crippen molar-refractivity contribution in [3.63, 3.8) is 0 Å². The molecule has 4 nitrogen and oxygen atoms in total. The highest BCUT2D eigenvalue weighted by molar-refractivity contribution is 7.12. The molecule has 2 aromatic rings. The van der Waals surface area contributed by atoms with Gasteiger partial charge >= 0.3 is 0 Å². The summed E-state index contributed by atoms with van der Waals surface area (Å²) in [6.07, 6.45) is 0. The molecular weight excluding hydrogens is 262 g/mol. The Hall–Kier alpha value is -1.88. The molecule has 0 atom stereocenters. The van der Waals surface area contributed by atoms with Crippen LogP contribution in [0.25, 0.3) is 11.3 Å². The number of thiazole rings is 1. The number of benzene rings is 1. The highest BCUT2D eigenvalue weighted by atomic mass is 32.1. The van der Waals surface area contributed by atoms with E-state index in [-0.39, 0.29) is 5.78 Å². The summed E-state index contributed by atoms with van der Waals surface area (Å²) in [5.41, 5.74) is 2.55. The molecule has 0 bridgehead atoms. The summed E-state index contributed by atoms with van der Waals surface area (Å²) in [6.45, 7) is 3.46. The maximum Gasteiger partial charge on any atom is 0.188 e. The quantitative estimate of drug-likeness (QED) is 0.804. The van der Waals surface area contributed by atoms with Crippen LogP contribution in [0.1, 0.15) is 22.3 Å². The van der Waals surface area contributed by atoms with E-state index < -0.39 is 0 Å². The summed E-state index contributed by atoms with van der Waals surface area (Å²) in [5.74, 6) is 1.46. The summed E-state index contributed by atoms with van der Waals surface area (Å²) in [4.78, 5) is 15.6. The van der Waals surface area contributed by atoms with E-state index in [0.717, 1.165) is 28.3 Å². The van der Waals surface area contributed by atoms with E-state index in [1.807, 2.05) is 24.4 Å². The highest BCUT2D eigenvalue weighted by Crippen LogP contribution is 2.36. The predicted octanol–water partition coefficient (Wildman–Crippen LogP) is 3.34. The van der Waals surface area contributed by atoms with Gasteiger partial charge in [-0.25, -0.2) is 4.98 Å². The van der Waals surface area contributed by atoms with Crippen LogP contribution in [0.15, 0.2) is 17.5 Å². The minimum atomic E-state index is -0.0331. The number of Topliss-reactive ketones (excluding diaryl/α,β-unsaturated/α-hetero) is 1. The summed E-state index contributed by atoms with van der Waals surface area (Å²) in [5, 5.41) is 2.35. The van der Waals surface area contributed by atoms with E-state index in [0.29, 0.717) is 5.01 Å². The summed E-state index contributed by atoms with van der Waals surface area (Å²) in [7, 11) is 3.24. The van der Waals surface area contributed by atoms with Crippen LogP contribution in [0.4, 0.5) is 0 Å². The standard InChI is InChI=1S/C14H15NO3S/c1-8-5-13(18-4)10(6-12(8)17-3)11-7-19-14(15-11)9(2)16/h5-7H,1-4H3. The van der Waals surface area contributed by atoms with Crippen LogP contribution in [0.5, 0.6) is 11.5 Å². The molecule has 0 aliphatic rings. The average molecular weight is 277 g/mol. The van der Waals surface area contributed by atoms with E-state index in [4.69, 9.17) is 9.47 Å². The van der Waals surface area contributed by atoms with Gasteiger partial charge in [0, 0.05) is 17.9 Å². The maximum absolute atomic E-state index is 11.3. The van der Waals surface area contributed by atoms with Gasteiger partial charge in [0.25, 0.3) is 0 Å². The van der Waals surface area contributed by atoms with E-state index in [1.54, 1.807) is 14.2 Å². The Balaban J connectivity index is 2.55. The molecule has 0 aliphatic carbocycles. The van der Waals surface area contributed by atoms with Gasteiger partial charge in [0.1, 0.15) is 11.5 Å². The Kier molecular flexibility index (Phi) is 3.85. The number of carbonyl (C=O) groups excluding carboxylic acids is 1. The van der Waals surface area contributed by atoms with E-state index in [9.17, 15) is 4.79 Å². The fraction of sp³-hybridized carbons (Fsp3) is 0.286. The normalized spacial score (nSPS) is 10.3. The Labute approximate surface area is 116 Å². The average Bonchev–Trinajstić information content (AvgIpc) is 2.88. The molecule has 0 aliphatic heterocycles. The van der Waals surface area contributed by atoms with Crippen LogP contribution in [0.2, 0.25) is 0 Å². The lowest BCUT2D eigenvalue weighted by Gasteiger charge is -2.11. The largest absolute Gasteiger partial charge is 0.496 e. The van der Waals surface area contributed by atoms with E-state index in [1.165, 1.54) is 18.3 Å². The lowest BCUT2D eigenvalue weighted by Crippen LogP contribution is -1.94. The smallest absolute Gasteiger partial charge is 0.188 e. The molecule has 1 aromatic carbocycles. The van der Waals surface area contributed by atoms with Gasteiger partial charge in [0.2, 0.25) is 0 Å². The highest BCUT2D eigenvalue weighted by Gasteiger charge is 2.14. The first-order valence-corrected chi connectivity index (χ1v) is 6.64. The van der Waals surface area contributed by atoms with Crippen molar-refractivity contribution in [1.29, 1.82) is 0 Å². The van der Waals surface area contributed by atoms with Crippen molar-refractivity contribution in [1.82, 2.24) is 4.98 Å². The molecule has 0 N–H and O–H groups in total. The van der Waals surface area contributed by atoms with Crippen LogP contribution in [0, 0.1) is 6.92 Å². The summed E-state index contributed by atoms with van der Waals surface area (Å²) < 4.78 is 10.7. The van der Waals surface area contributed by atoms with Crippen molar-refractivity contribution in [3.8, 4) is 22.8 Å². The number of aromatic nitrogens is 1. The Morgan fingerprint density at radius 2 is 1.89 bits per heavy atom. The second-order valence-corrected chi connectivity index (χ2v) is 4.97. The molecule has 0 unspecified atom stereocenters. The number of ketones is 1. The third-order valence-electron chi connectivity index (χ3n) is 2.80. The molecule has 1 aromatic heterocycles. The number of carbonyl (C=O) groups is 1. The van der Waals surface area contributed by atoms with Crippen molar-refractivity contribution in [2.45, 2.75) is 13.8 Å². The van der Waals surface area contributed by atoms with Crippen molar-refractivity contribution in [2.24, 2.45) is 0 Å². The number of methoxy groups -OCH3 is 2. The Bertz CT molecular complexity index is 619. The van der Waals surface area contributed by atoms with E-state index in [2.05, 4.69) is 4.98 Å². The zero-order chi connectivity index (χ0) is 14.0. The topological polar surface area (TPSA) is 48.4 Å². The van der Waals surface area contributed by atoms with Crippen LogP contribution < -0.4 is 9.47 Å². The third-order valence-corrected chi connectivity index (χ3v) is 3.74. The van der Waals surface area contributed by atoms with Gasteiger partial charge in [0.05, 0.1) is 19.9 Å². The van der Waals surface area contributed by atoms with Crippen molar-refractivity contribution in [3.05, 3.63) is 28.1 Å². The minimum absolute atomic E-state index is 0.0331. The SMILES string of the molecule is COc1cc(-c2csc(C(C)=O)n2)c(OC)cc1C. The number of aryl methyl sites for hydroxylation is 1. The summed E-state index contributed by atoms with van der Waals surface area (Å²) in [6, 6.07) is 3.79. The molecular formula is C14H15NO3S. The van der Waals surface area contributed by atoms with Crippen LogP contribution in [-0.4, -0.2) is 25.0 Å². The number of ether oxygens (including phenoxy) is 2. The second-order valence-electron chi connectivity index (χ2n) is 4.12. The molecule has 5 heteroatoms. The number of hydrogen-bond donors (Lipinski definition) is 0. The van der Waals surface area contributed by atoms with Crippen LogP contribution in [0.3, 0.4) is 0 Å². The number of nitrogens with zero attached hydrogens (tertiary/aromatic N) is 1. The molecule has 1 heterocycles. The zero-order valence-electron chi connectivity index (χ0n) is 11.3. The van der Waals surface area contributed by atoms with Gasteiger partial charge in [-0.2, -0.15) is 0 Å². The molecule has 0 saturated carbocycles. The first kappa shape index (κ1) is 13.5. The Morgan fingerprint density at radius 1 is 1.21 bits per heavy atom.